The van der Waals surface area contributed by atoms with Crippen molar-refractivity contribution in [3.63, 3.8) is 0 Å². The summed E-state index contributed by atoms with van der Waals surface area (Å²) in [6.07, 6.45) is 2.38. The third kappa shape index (κ3) is 2.69. The second kappa shape index (κ2) is 5.55. The van der Waals surface area contributed by atoms with E-state index in [0.717, 1.165) is 35.9 Å². The third-order valence-electron chi connectivity index (χ3n) is 3.40. The molecule has 1 atom stereocenters. The summed E-state index contributed by atoms with van der Waals surface area (Å²) >= 11 is 0. The standard InChI is InChI=1S/C15H18N2O2/c16-9-12-8-11-4-1-2-6-14(11)15(17-12)19-10-13-5-3-7-18-13/h1-2,4,6,8,13H,3,5,7,9-10,16H2. The Hall–Kier alpha value is -1.65. The summed E-state index contributed by atoms with van der Waals surface area (Å²) in [6, 6.07) is 10.1. The minimum atomic E-state index is 0.196. The fraction of sp³-hybridized carbons (Fsp3) is 0.400. The number of fused-ring (bicyclic) bond motifs is 1. The summed E-state index contributed by atoms with van der Waals surface area (Å²) < 4.78 is 11.4. The van der Waals surface area contributed by atoms with Gasteiger partial charge in [0.25, 0.3) is 0 Å². The summed E-state index contributed by atoms with van der Waals surface area (Å²) in [5.74, 6) is 0.661. The average Bonchev–Trinajstić information content (AvgIpc) is 2.97. The van der Waals surface area contributed by atoms with E-state index in [-0.39, 0.29) is 6.10 Å². The molecule has 0 saturated carbocycles. The highest BCUT2D eigenvalue weighted by molar-refractivity contribution is 5.87. The first-order valence-electron chi connectivity index (χ1n) is 6.70. The summed E-state index contributed by atoms with van der Waals surface area (Å²) in [6.45, 7) is 1.82. The largest absolute Gasteiger partial charge is 0.474 e. The van der Waals surface area contributed by atoms with Gasteiger partial charge in [-0.1, -0.05) is 18.2 Å². The predicted octanol–water partition coefficient (Wildman–Crippen LogP) is 2.25. The molecule has 2 aromatic rings. The van der Waals surface area contributed by atoms with Crippen molar-refractivity contribution in [1.29, 1.82) is 0 Å². The lowest BCUT2D eigenvalue weighted by molar-refractivity contribution is 0.0669. The average molecular weight is 258 g/mol. The van der Waals surface area contributed by atoms with Gasteiger partial charge < -0.3 is 15.2 Å². The van der Waals surface area contributed by atoms with Crippen LogP contribution in [0.4, 0.5) is 0 Å². The molecule has 2 heterocycles. The Morgan fingerprint density at radius 1 is 1.37 bits per heavy atom. The Bertz CT molecular complexity index is 565. The number of aromatic nitrogens is 1. The highest BCUT2D eigenvalue weighted by Gasteiger charge is 2.17. The van der Waals surface area contributed by atoms with Crippen molar-refractivity contribution in [3.8, 4) is 5.88 Å². The van der Waals surface area contributed by atoms with Gasteiger partial charge in [-0.25, -0.2) is 4.98 Å². The van der Waals surface area contributed by atoms with Crippen LogP contribution in [0.25, 0.3) is 10.8 Å². The molecule has 3 rings (SSSR count). The van der Waals surface area contributed by atoms with Crippen molar-refractivity contribution < 1.29 is 9.47 Å². The molecule has 1 aliphatic heterocycles. The monoisotopic (exact) mass is 258 g/mol. The van der Waals surface area contributed by atoms with E-state index in [1.165, 1.54) is 0 Å². The van der Waals surface area contributed by atoms with Crippen LogP contribution in [0.15, 0.2) is 30.3 Å². The van der Waals surface area contributed by atoms with E-state index < -0.39 is 0 Å². The number of nitrogens with two attached hydrogens (primary N) is 1. The number of hydrogen-bond acceptors (Lipinski definition) is 4. The molecule has 0 amide bonds. The molecular formula is C15H18N2O2. The molecule has 0 radical (unpaired) electrons. The molecule has 4 heteroatoms. The van der Waals surface area contributed by atoms with Crippen molar-refractivity contribution >= 4 is 10.8 Å². The number of hydrogen-bond donors (Lipinski definition) is 1. The van der Waals surface area contributed by atoms with Gasteiger partial charge in [-0.05, 0) is 30.4 Å². The second-order valence-corrected chi connectivity index (χ2v) is 4.79. The van der Waals surface area contributed by atoms with Gasteiger partial charge in [0.1, 0.15) is 6.61 Å². The Labute approximate surface area is 112 Å². The lowest BCUT2D eigenvalue weighted by Gasteiger charge is -2.13. The van der Waals surface area contributed by atoms with E-state index >= 15 is 0 Å². The highest BCUT2D eigenvalue weighted by Crippen LogP contribution is 2.25. The fourth-order valence-electron chi connectivity index (χ4n) is 2.38. The second-order valence-electron chi connectivity index (χ2n) is 4.79. The topological polar surface area (TPSA) is 57.4 Å². The van der Waals surface area contributed by atoms with Gasteiger partial charge >= 0.3 is 0 Å². The van der Waals surface area contributed by atoms with Gasteiger partial charge in [-0.15, -0.1) is 0 Å². The molecule has 4 nitrogen and oxygen atoms in total. The van der Waals surface area contributed by atoms with Crippen LogP contribution < -0.4 is 10.5 Å². The van der Waals surface area contributed by atoms with Crippen molar-refractivity contribution in [3.05, 3.63) is 36.0 Å². The van der Waals surface area contributed by atoms with Crippen LogP contribution in [-0.4, -0.2) is 24.3 Å². The Morgan fingerprint density at radius 3 is 3.05 bits per heavy atom. The summed E-state index contributed by atoms with van der Waals surface area (Å²) in [4.78, 5) is 4.48. The number of ether oxygens (including phenoxy) is 2. The first-order valence-corrected chi connectivity index (χ1v) is 6.70. The van der Waals surface area contributed by atoms with Gasteiger partial charge in [0.2, 0.25) is 5.88 Å². The van der Waals surface area contributed by atoms with Gasteiger partial charge in [0.05, 0.1) is 11.8 Å². The molecule has 1 aliphatic rings. The molecule has 2 N–H and O–H groups in total. The van der Waals surface area contributed by atoms with Gasteiger partial charge in [-0.3, -0.25) is 0 Å². The Balaban J connectivity index is 1.87. The number of rotatable bonds is 4. The number of benzene rings is 1. The van der Waals surface area contributed by atoms with E-state index in [1.54, 1.807) is 0 Å². The first-order chi connectivity index (χ1) is 9.36. The van der Waals surface area contributed by atoms with Crippen LogP contribution in [0, 0.1) is 0 Å². The zero-order chi connectivity index (χ0) is 13.1. The van der Waals surface area contributed by atoms with Crippen molar-refractivity contribution in [2.24, 2.45) is 5.73 Å². The van der Waals surface area contributed by atoms with Crippen LogP contribution in [0.5, 0.6) is 5.88 Å². The fourth-order valence-corrected chi connectivity index (χ4v) is 2.38. The Morgan fingerprint density at radius 2 is 2.26 bits per heavy atom. The van der Waals surface area contributed by atoms with Crippen molar-refractivity contribution in [2.75, 3.05) is 13.2 Å². The maximum absolute atomic E-state index is 5.85. The number of nitrogens with zero attached hydrogens (tertiary/aromatic N) is 1. The van der Waals surface area contributed by atoms with Gasteiger partial charge in [0.15, 0.2) is 0 Å². The molecule has 0 aliphatic carbocycles. The molecule has 1 aromatic heterocycles. The Kier molecular flexibility index (Phi) is 3.62. The smallest absolute Gasteiger partial charge is 0.221 e. The van der Waals surface area contributed by atoms with Crippen LogP contribution in [-0.2, 0) is 11.3 Å². The molecule has 0 bridgehead atoms. The molecule has 1 fully saturated rings. The minimum absolute atomic E-state index is 0.196. The number of pyridine rings is 1. The van der Waals surface area contributed by atoms with E-state index in [4.69, 9.17) is 15.2 Å². The maximum atomic E-state index is 5.85. The van der Waals surface area contributed by atoms with Crippen molar-refractivity contribution in [2.45, 2.75) is 25.5 Å². The van der Waals surface area contributed by atoms with E-state index in [2.05, 4.69) is 11.1 Å². The van der Waals surface area contributed by atoms with E-state index in [9.17, 15) is 0 Å². The first kappa shape index (κ1) is 12.4. The summed E-state index contributed by atoms with van der Waals surface area (Å²) in [5.41, 5.74) is 6.53. The van der Waals surface area contributed by atoms with Gasteiger partial charge in [0, 0.05) is 18.5 Å². The quantitative estimate of drug-likeness (QED) is 0.913. The zero-order valence-corrected chi connectivity index (χ0v) is 10.8. The highest BCUT2D eigenvalue weighted by atomic mass is 16.5. The SMILES string of the molecule is NCc1cc2ccccc2c(OCC2CCCO2)n1. The van der Waals surface area contributed by atoms with Crippen LogP contribution >= 0.6 is 0 Å². The molecule has 19 heavy (non-hydrogen) atoms. The molecular weight excluding hydrogens is 240 g/mol. The summed E-state index contributed by atoms with van der Waals surface area (Å²) in [5, 5.41) is 2.14. The predicted molar refractivity (Wildman–Crippen MR) is 74.1 cm³/mol. The third-order valence-corrected chi connectivity index (χ3v) is 3.40. The maximum Gasteiger partial charge on any atom is 0.221 e. The molecule has 100 valence electrons. The van der Waals surface area contributed by atoms with Gasteiger partial charge in [-0.2, -0.15) is 0 Å². The zero-order valence-electron chi connectivity index (χ0n) is 10.8. The van der Waals surface area contributed by atoms with E-state index in [1.807, 2.05) is 24.3 Å². The van der Waals surface area contributed by atoms with Crippen LogP contribution in [0.3, 0.4) is 0 Å². The van der Waals surface area contributed by atoms with Crippen LogP contribution in [0.2, 0.25) is 0 Å². The normalized spacial score (nSPS) is 18.9. The molecule has 0 spiro atoms. The van der Waals surface area contributed by atoms with Crippen LogP contribution in [0.1, 0.15) is 18.5 Å². The van der Waals surface area contributed by atoms with Crippen molar-refractivity contribution in [1.82, 2.24) is 4.98 Å². The lowest BCUT2D eigenvalue weighted by atomic mass is 10.1. The minimum Gasteiger partial charge on any atom is -0.474 e. The summed E-state index contributed by atoms with van der Waals surface area (Å²) in [7, 11) is 0. The molecule has 1 aromatic carbocycles. The lowest BCUT2D eigenvalue weighted by Crippen LogP contribution is -2.17. The molecule has 1 unspecified atom stereocenters. The van der Waals surface area contributed by atoms with E-state index in [0.29, 0.717) is 19.0 Å². The molecule has 1 saturated heterocycles.